The molecule has 0 spiro atoms. The zero-order valence-corrected chi connectivity index (χ0v) is 20.8. The first kappa shape index (κ1) is 24.0. The highest BCUT2D eigenvalue weighted by Crippen LogP contribution is 2.28. The van der Waals surface area contributed by atoms with E-state index in [2.05, 4.69) is 16.5 Å². The van der Waals surface area contributed by atoms with Crippen molar-refractivity contribution in [2.75, 3.05) is 12.4 Å². The molecule has 0 saturated carbocycles. The number of nitrogens with zero attached hydrogens (tertiary/aromatic N) is 3. The molecule has 0 amide bonds. The molecule has 4 rings (SSSR count). The van der Waals surface area contributed by atoms with Crippen molar-refractivity contribution in [2.45, 2.75) is 69.3 Å². The first-order chi connectivity index (χ1) is 15.7. The van der Waals surface area contributed by atoms with E-state index in [9.17, 15) is 13.2 Å². The Bertz CT molecular complexity index is 1290. The number of sulfonamides is 1. The number of rotatable bonds is 9. The quantitative estimate of drug-likeness (QED) is 0.362. The van der Waals surface area contributed by atoms with Gasteiger partial charge in [0.05, 0.1) is 27.8 Å². The van der Waals surface area contributed by atoms with E-state index in [4.69, 9.17) is 9.88 Å². The van der Waals surface area contributed by atoms with Crippen LogP contribution < -0.4 is 5.14 Å². The van der Waals surface area contributed by atoms with Crippen molar-refractivity contribution in [3.8, 4) is 0 Å². The zero-order chi connectivity index (χ0) is 23.8. The third-order valence-corrected chi connectivity index (χ3v) is 7.96. The Kier molecular flexibility index (Phi) is 6.99. The topological polar surface area (TPSA) is 109 Å². The van der Waals surface area contributed by atoms with Crippen LogP contribution in [0.1, 0.15) is 47.9 Å². The first-order valence-electron chi connectivity index (χ1n) is 11.2. The minimum Gasteiger partial charge on any atom is -0.376 e. The van der Waals surface area contributed by atoms with Gasteiger partial charge in [-0.3, -0.25) is 4.79 Å². The smallest absolute Gasteiger partial charge is 0.238 e. The fourth-order valence-corrected chi connectivity index (χ4v) is 5.84. The number of primary sulfonamides is 1. The molecule has 10 heteroatoms. The second-order valence-electron chi connectivity index (χ2n) is 8.48. The molecule has 8 nitrogen and oxygen atoms in total. The molecule has 33 heavy (non-hydrogen) atoms. The fraction of sp³-hybridized carbons (Fsp3) is 0.478. The number of aromatic nitrogens is 3. The summed E-state index contributed by atoms with van der Waals surface area (Å²) in [4.78, 5) is 17.8. The van der Waals surface area contributed by atoms with Gasteiger partial charge < -0.3 is 13.9 Å². The molecule has 2 N–H and O–H groups in total. The van der Waals surface area contributed by atoms with Gasteiger partial charge in [-0.1, -0.05) is 18.7 Å². The van der Waals surface area contributed by atoms with Gasteiger partial charge in [-0.2, -0.15) is 0 Å². The summed E-state index contributed by atoms with van der Waals surface area (Å²) < 4.78 is 33.4. The van der Waals surface area contributed by atoms with Gasteiger partial charge in [-0.05, 0) is 57.4 Å². The van der Waals surface area contributed by atoms with E-state index >= 15 is 0 Å². The van der Waals surface area contributed by atoms with E-state index in [-0.39, 0.29) is 22.5 Å². The maximum Gasteiger partial charge on any atom is 0.238 e. The maximum atomic E-state index is 13.1. The largest absolute Gasteiger partial charge is 0.376 e. The van der Waals surface area contributed by atoms with E-state index in [1.54, 1.807) is 6.07 Å². The number of fused-ring (bicyclic) bond motifs is 1. The van der Waals surface area contributed by atoms with E-state index in [0.717, 1.165) is 61.4 Å². The minimum absolute atomic E-state index is 0.0301. The van der Waals surface area contributed by atoms with Gasteiger partial charge in [0.1, 0.15) is 0 Å². The van der Waals surface area contributed by atoms with E-state index in [0.29, 0.717) is 10.7 Å². The molecule has 2 aromatic heterocycles. The molecule has 1 atom stereocenters. The highest BCUT2D eigenvalue weighted by Gasteiger charge is 2.22. The van der Waals surface area contributed by atoms with Gasteiger partial charge in [0.15, 0.2) is 10.9 Å². The SMILES string of the molecule is CCCn1c(SCC(=O)c2cc(C)n(CC3CCCO3)c2C)nc2cc(S(N)(=O)=O)ccc21. The molecule has 178 valence electrons. The van der Waals surface area contributed by atoms with Gasteiger partial charge in [-0.25, -0.2) is 18.5 Å². The van der Waals surface area contributed by atoms with Crippen LogP contribution in [0.5, 0.6) is 0 Å². The van der Waals surface area contributed by atoms with Gasteiger partial charge in [0, 0.05) is 36.6 Å². The molecule has 1 unspecified atom stereocenters. The van der Waals surface area contributed by atoms with Crippen molar-refractivity contribution in [1.82, 2.24) is 14.1 Å². The van der Waals surface area contributed by atoms with Crippen LogP contribution in [0.15, 0.2) is 34.3 Å². The molecular weight excluding hydrogens is 460 g/mol. The lowest BCUT2D eigenvalue weighted by Crippen LogP contribution is -2.17. The molecule has 0 bridgehead atoms. The number of hydrogen-bond acceptors (Lipinski definition) is 6. The third-order valence-electron chi connectivity index (χ3n) is 6.08. The molecule has 1 aromatic carbocycles. The predicted molar refractivity (Wildman–Crippen MR) is 129 cm³/mol. The molecule has 1 aliphatic heterocycles. The number of imidazole rings is 1. The normalized spacial score (nSPS) is 16.7. The number of thioether (sulfide) groups is 1. The van der Waals surface area contributed by atoms with Crippen molar-refractivity contribution in [1.29, 1.82) is 0 Å². The predicted octanol–water partition coefficient (Wildman–Crippen LogP) is 3.67. The van der Waals surface area contributed by atoms with E-state index in [1.807, 2.05) is 24.5 Å². The van der Waals surface area contributed by atoms with Crippen molar-refractivity contribution < 1.29 is 17.9 Å². The van der Waals surface area contributed by atoms with Gasteiger partial charge >= 0.3 is 0 Å². The number of Topliss-reactive ketones (excluding diaryl/α,β-unsaturated/α-hetero) is 1. The third kappa shape index (κ3) is 5.03. The summed E-state index contributed by atoms with van der Waals surface area (Å²) in [5, 5.41) is 5.97. The van der Waals surface area contributed by atoms with Crippen LogP contribution in [-0.4, -0.2) is 46.8 Å². The second-order valence-corrected chi connectivity index (χ2v) is 11.0. The number of hydrogen-bond donors (Lipinski definition) is 1. The number of carbonyl (C=O) groups excluding carboxylic acids is 1. The first-order valence-corrected chi connectivity index (χ1v) is 13.7. The van der Waals surface area contributed by atoms with E-state index < -0.39 is 10.0 Å². The van der Waals surface area contributed by atoms with Crippen LogP contribution >= 0.6 is 11.8 Å². The Morgan fingerprint density at radius 3 is 2.73 bits per heavy atom. The van der Waals surface area contributed by atoms with Crippen molar-refractivity contribution in [2.24, 2.45) is 5.14 Å². The summed E-state index contributed by atoms with van der Waals surface area (Å²) in [7, 11) is -3.81. The van der Waals surface area contributed by atoms with Crippen LogP contribution in [0.2, 0.25) is 0 Å². The maximum absolute atomic E-state index is 13.1. The highest BCUT2D eigenvalue weighted by atomic mass is 32.2. The Morgan fingerprint density at radius 1 is 1.27 bits per heavy atom. The lowest BCUT2D eigenvalue weighted by atomic mass is 10.2. The minimum atomic E-state index is -3.81. The number of ether oxygens (including phenoxy) is 1. The molecule has 1 fully saturated rings. The van der Waals surface area contributed by atoms with Crippen LogP contribution in [0.3, 0.4) is 0 Å². The Balaban J connectivity index is 1.55. The van der Waals surface area contributed by atoms with Gasteiger partial charge in [0.2, 0.25) is 10.0 Å². The molecule has 3 heterocycles. The molecule has 0 radical (unpaired) electrons. The summed E-state index contributed by atoms with van der Waals surface area (Å²) in [5.41, 5.74) is 4.14. The Labute approximate surface area is 198 Å². The fourth-order valence-electron chi connectivity index (χ4n) is 4.38. The van der Waals surface area contributed by atoms with Crippen LogP contribution in [0.4, 0.5) is 0 Å². The summed E-state index contributed by atoms with van der Waals surface area (Å²) in [6, 6.07) is 6.67. The second kappa shape index (κ2) is 9.61. The van der Waals surface area contributed by atoms with Gasteiger partial charge in [0.25, 0.3) is 0 Å². The Morgan fingerprint density at radius 2 is 2.06 bits per heavy atom. The molecule has 0 aliphatic carbocycles. The monoisotopic (exact) mass is 490 g/mol. The molecule has 1 saturated heterocycles. The van der Waals surface area contributed by atoms with Crippen LogP contribution in [-0.2, 0) is 27.8 Å². The number of nitrogens with two attached hydrogens (primary N) is 1. The lowest BCUT2D eigenvalue weighted by molar-refractivity contribution is 0.0957. The van der Waals surface area contributed by atoms with Crippen molar-refractivity contribution in [3.63, 3.8) is 0 Å². The van der Waals surface area contributed by atoms with Crippen molar-refractivity contribution >= 4 is 38.6 Å². The van der Waals surface area contributed by atoms with E-state index in [1.165, 1.54) is 23.9 Å². The number of carbonyl (C=O) groups is 1. The molecule has 3 aromatic rings. The summed E-state index contributed by atoms with van der Waals surface area (Å²) >= 11 is 1.37. The number of benzene rings is 1. The average Bonchev–Trinajstić information content (AvgIpc) is 3.47. The molecule has 1 aliphatic rings. The highest BCUT2D eigenvalue weighted by molar-refractivity contribution is 7.99. The summed E-state index contributed by atoms with van der Waals surface area (Å²) in [6.45, 7) is 8.38. The zero-order valence-electron chi connectivity index (χ0n) is 19.2. The van der Waals surface area contributed by atoms with Crippen LogP contribution in [0.25, 0.3) is 11.0 Å². The van der Waals surface area contributed by atoms with Gasteiger partial charge in [-0.15, -0.1) is 0 Å². The standard InChI is InChI=1S/C23H30N4O4S2/c1-4-9-26-21-8-7-18(33(24,29)30)12-20(21)25-23(26)32-14-22(28)19-11-15(2)27(16(19)3)13-17-6-5-10-31-17/h7-8,11-12,17H,4-6,9-10,13-14H2,1-3H3,(H2,24,29,30). The number of aryl methyl sites for hydroxylation is 2. The summed E-state index contributed by atoms with van der Waals surface area (Å²) in [6.07, 6.45) is 3.23. The van der Waals surface area contributed by atoms with Crippen molar-refractivity contribution in [3.05, 3.63) is 41.2 Å². The lowest BCUT2D eigenvalue weighted by Gasteiger charge is -2.14. The Hall–Kier alpha value is -2.14. The van der Waals surface area contributed by atoms with Crippen LogP contribution in [0, 0.1) is 13.8 Å². The number of ketones is 1. The average molecular weight is 491 g/mol. The summed E-state index contributed by atoms with van der Waals surface area (Å²) in [5.74, 6) is 0.297. The molecular formula is C23H30N4O4S2.